The normalized spacial score (nSPS) is 15.8. The summed E-state index contributed by atoms with van der Waals surface area (Å²) in [6.45, 7) is 1.75. The Labute approximate surface area is 182 Å². The van der Waals surface area contributed by atoms with Gasteiger partial charge in [-0.3, -0.25) is 9.59 Å². The number of halogens is 1. The van der Waals surface area contributed by atoms with E-state index in [1.165, 1.54) is 23.7 Å². The van der Waals surface area contributed by atoms with E-state index in [9.17, 15) is 14.0 Å². The van der Waals surface area contributed by atoms with E-state index in [0.717, 1.165) is 44.5 Å². The first-order valence-corrected chi connectivity index (χ1v) is 10.5. The van der Waals surface area contributed by atoms with Crippen molar-refractivity contribution in [2.24, 2.45) is 5.92 Å². The summed E-state index contributed by atoms with van der Waals surface area (Å²) in [7, 11) is 1.47. The number of aromatic nitrogens is 5. The van der Waals surface area contributed by atoms with E-state index in [2.05, 4.69) is 41.1 Å². The Morgan fingerprint density at radius 3 is 2.66 bits per heavy atom. The van der Waals surface area contributed by atoms with Gasteiger partial charge in [0.15, 0.2) is 23.0 Å². The molecule has 3 aromatic rings. The SMILES string of the molecule is CNC(=O)c1nnc(NC(=O)C2CC2)cc1Nc1nc2c(F)cc(N3CCCC3)cn2n1. The average Bonchev–Trinajstić information content (AvgIpc) is 3.33. The Balaban J connectivity index is 1.46. The number of pyridine rings is 1. The fourth-order valence-electron chi connectivity index (χ4n) is 3.66. The van der Waals surface area contributed by atoms with Crippen LogP contribution in [0.25, 0.3) is 5.65 Å². The molecule has 0 atom stereocenters. The highest BCUT2D eigenvalue weighted by atomic mass is 19.1. The molecule has 3 aromatic heterocycles. The topological polar surface area (TPSA) is 129 Å². The number of fused-ring (bicyclic) bond motifs is 1. The van der Waals surface area contributed by atoms with Crippen molar-refractivity contribution >= 4 is 40.6 Å². The predicted octanol–water partition coefficient (Wildman–Crippen LogP) is 1.71. The van der Waals surface area contributed by atoms with Crippen molar-refractivity contribution in [2.75, 3.05) is 35.7 Å². The minimum atomic E-state index is -0.494. The van der Waals surface area contributed by atoms with Crippen LogP contribution in [0.3, 0.4) is 0 Å². The van der Waals surface area contributed by atoms with Crippen LogP contribution in [0.15, 0.2) is 18.3 Å². The molecule has 1 aliphatic carbocycles. The van der Waals surface area contributed by atoms with E-state index < -0.39 is 11.7 Å². The predicted molar refractivity (Wildman–Crippen MR) is 114 cm³/mol. The summed E-state index contributed by atoms with van der Waals surface area (Å²) in [5.74, 6) is -0.846. The van der Waals surface area contributed by atoms with Crippen molar-refractivity contribution < 1.29 is 14.0 Å². The summed E-state index contributed by atoms with van der Waals surface area (Å²) >= 11 is 0. The van der Waals surface area contributed by atoms with E-state index >= 15 is 0 Å². The summed E-state index contributed by atoms with van der Waals surface area (Å²) in [6, 6.07) is 2.93. The monoisotopic (exact) mass is 439 g/mol. The summed E-state index contributed by atoms with van der Waals surface area (Å²) in [4.78, 5) is 30.6. The van der Waals surface area contributed by atoms with Gasteiger partial charge in [-0.1, -0.05) is 0 Å². The second-order valence-electron chi connectivity index (χ2n) is 7.90. The number of carbonyl (C=O) groups is 2. The molecule has 4 heterocycles. The van der Waals surface area contributed by atoms with E-state index in [1.54, 1.807) is 6.20 Å². The van der Waals surface area contributed by atoms with E-state index in [0.29, 0.717) is 0 Å². The lowest BCUT2D eigenvalue weighted by atomic mass is 10.3. The third-order valence-corrected chi connectivity index (χ3v) is 5.53. The number of anilines is 4. The number of amides is 2. The zero-order valence-corrected chi connectivity index (χ0v) is 17.4. The third kappa shape index (κ3) is 3.90. The molecule has 0 unspecified atom stereocenters. The van der Waals surface area contributed by atoms with Crippen LogP contribution in [0.5, 0.6) is 0 Å². The second kappa shape index (κ2) is 8.02. The van der Waals surface area contributed by atoms with Crippen molar-refractivity contribution in [1.29, 1.82) is 0 Å². The molecule has 2 fully saturated rings. The van der Waals surface area contributed by atoms with Crippen molar-refractivity contribution in [3.8, 4) is 0 Å². The maximum absolute atomic E-state index is 14.7. The lowest BCUT2D eigenvalue weighted by molar-refractivity contribution is -0.117. The van der Waals surface area contributed by atoms with Gasteiger partial charge in [0, 0.05) is 38.2 Å². The Bertz CT molecular complexity index is 1200. The van der Waals surface area contributed by atoms with Gasteiger partial charge in [0.25, 0.3) is 5.91 Å². The molecule has 12 heteroatoms. The van der Waals surface area contributed by atoms with Gasteiger partial charge >= 0.3 is 0 Å². The first kappa shape index (κ1) is 20.1. The molecule has 1 aliphatic heterocycles. The number of nitrogens with zero attached hydrogens (tertiary/aromatic N) is 6. The molecule has 1 saturated carbocycles. The highest BCUT2D eigenvalue weighted by molar-refractivity contribution is 5.99. The molecule has 11 nitrogen and oxygen atoms in total. The molecule has 0 bridgehead atoms. The Hall–Kier alpha value is -3.83. The van der Waals surface area contributed by atoms with Gasteiger partial charge < -0.3 is 20.9 Å². The minimum absolute atomic E-state index is 0.00555. The molecule has 5 rings (SSSR count). The lowest BCUT2D eigenvalue weighted by Gasteiger charge is -2.17. The molecule has 0 spiro atoms. The smallest absolute Gasteiger partial charge is 0.273 e. The highest BCUT2D eigenvalue weighted by Crippen LogP contribution is 2.30. The first-order chi connectivity index (χ1) is 15.5. The van der Waals surface area contributed by atoms with Crippen LogP contribution in [0.4, 0.5) is 27.5 Å². The van der Waals surface area contributed by atoms with Crippen molar-refractivity contribution in [3.63, 3.8) is 0 Å². The molecular weight excluding hydrogens is 417 g/mol. The van der Waals surface area contributed by atoms with Crippen LogP contribution < -0.4 is 20.9 Å². The van der Waals surface area contributed by atoms with Crippen LogP contribution >= 0.6 is 0 Å². The summed E-state index contributed by atoms with van der Waals surface area (Å²) in [5, 5.41) is 20.3. The van der Waals surface area contributed by atoms with Crippen molar-refractivity contribution in [1.82, 2.24) is 30.1 Å². The van der Waals surface area contributed by atoms with Crippen LogP contribution in [0.1, 0.15) is 36.2 Å². The molecule has 0 aromatic carbocycles. The van der Waals surface area contributed by atoms with Crippen LogP contribution in [-0.2, 0) is 4.79 Å². The van der Waals surface area contributed by atoms with Gasteiger partial charge in [-0.15, -0.1) is 15.3 Å². The quantitative estimate of drug-likeness (QED) is 0.529. The number of rotatable bonds is 6. The number of nitrogens with one attached hydrogen (secondary N) is 3. The number of hydrogen-bond acceptors (Lipinski definition) is 8. The Morgan fingerprint density at radius 2 is 1.94 bits per heavy atom. The van der Waals surface area contributed by atoms with E-state index in [1.807, 2.05) is 0 Å². The molecule has 2 aliphatic rings. The molecular formula is C20H22FN9O2. The van der Waals surface area contributed by atoms with E-state index in [-0.39, 0.29) is 40.6 Å². The van der Waals surface area contributed by atoms with Crippen molar-refractivity contribution in [2.45, 2.75) is 25.7 Å². The summed E-state index contributed by atoms with van der Waals surface area (Å²) < 4.78 is 16.1. The molecule has 0 radical (unpaired) electrons. The Morgan fingerprint density at radius 1 is 1.16 bits per heavy atom. The Kier molecular flexibility index (Phi) is 5.04. The fourth-order valence-corrected chi connectivity index (χ4v) is 3.66. The highest BCUT2D eigenvalue weighted by Gasteiger charge is 2.30. The molecule has 166 valence electrons. The first-order valence-electron chi connectivity index (χ1n) is 10.5. The van der Waals surface area contributed by atoms with Gasteiger partial charge in [0.1, 0.15) is 0 Å². The molecule has 32 heavy (non-hydrogen) atoms. The van der Waals surface area contributed by atoms with Crippen molar-refractivity contribution in [3.05, 3.63) is 29.8 Å². The largest absolute Gasteiger partial charge is 0.370 e. The van der Waals surface area contributed by atoms with E-state index in [4.69, 9.17) is 0 Å². The second-order valence-corrected chi connectivity index (χ2v) is 7.90. The number of hydrogen-bond donors (Lipinski definition) is 3. The fraction of sp³-hybridized carbons (Fsp3) is 0.400. The van der Waals surface area contributed by atoms with Gasteiger partial charge in [-0.2, -0.15) is 4.98 Å². The van der Waals surface area contributed by atoms with Crippen LogP contribution in [0, 0.1) is 11.7 Å². The van der Waals surface area contributed by atoms with Crippen LogP contribution in [0.2, 0.25) is 0 Å². The summed E-state index contributed by atoms with van der Waals surface area (Å²) in [6.07, 6.45) is 5.56. The molecule has 2 amide bonds. The van der Waals surface area contributed by atoms with Gasteiger partial charge in [0.2, 0.25) is 11.9 Å². The maximum Gasteiger partial charge on any atom is 0.273 e. The molecule has 1 saturated heterocycles. The summed E-state index contributed by atoms with van der Waals surface area (Å²) in [5.41, 5.74) is 1.03. The van der Waals surface area contributed by atoms with Gasteiger partial charge in [-0.05, 0) is 25.7 Å². The van der Waals surface area contributed by atoms with Gasteiger partial charge in [-0.25, -0.2) is 8.91 Å². The standard InChI is InChI=1S/C20H22FN9O2/c1-22-19(32)16-14(9-15(26-27-16)24-18(31)11-4-5-11)23-20-25-17-13(21)8-12(10-30(17)28-20)29-6-2-3-7-29/h8-11H,2-7H2,1H3,(H,22,32)(H2,23,24,26,28,31). The third-order valence-electron chi connectivity index (χ3n) is 5.53. The minimum Gasteiger partial charge on any atom is -0.370 e. The zero-order valence-electron chi connectivity index (χ0n) is 17.4. The zero-order chi connectivity index (χ0) is 22.2. The van der Waals surface area contributed by atoms with Gasteiger partial charge in [0.05, 0.1) is 17.6 Å². The number of carbonyl (C=O) groups excluding carboxylic acids is 2. The maximum atomic E-state index is 14.7. The lowest BCUT2D eigenvalue weighted by Crippen LogP contribution is -2.22. The molecule has 3 N–H and O–H groups in total. The average molecular weight is 439 g/mol. The van der Waals surface area contributed by atoms with Crippen LogP contribution in [-0.4, -0.2) is 56.7 Å².